The number of nitrogens with two attached hydrogens (primary N) is 1. The van der Waals surface area contributed by atoms with Crippen LogP contribution in [0.3, 0.4) is 0 Å². The predicted molar refractivity (Wildman–Crippen MR) is 66.1 cm³/mol. The summed E-state index contributed by atoms with van der Waals surface area (Å²) in [5, 5.41) is 5.79. The van der Waals surface area contributed by atoms with Crippen LogP contribution in [0.4, 0.5) is 0 Å². The summed E-state index contributed by atoms with van der Waals surface area (Å²) in [6, 6.07) is 5.60. The van der Waals surface area contributed by atoms with Crippen molar-refractivity contribution in [3.8, 4) is 0 Å². The number of thiophene rings is 1. The van der Waals surface area contributed by atoms with E-state index >= 15 is 0 Å². The van der Waals surface area contributed by atoms with Crippen LogP contribution in [0, 0.1) is 0 Å². The molecular formula is C12H20N2S. The number of rotatable bonds is 3. The minimum Gasteiger partial charge on any atom is -0.326 e. The van der Waals surface area contributed by atoms with E-state index < -0.39 is 0 Å². The first-order chi connectivity index (χ1) is 7.27. The lowest BCUT2D eigenvalue weighted by Crippen LogP contribution is -2.47. The van der Waals surface area contributed by atoms with Gasteiger partial charge in [-0.05, 0) is 31.2 Å². The summed E-state index contributed by atoms with van der Waals surface area (Å²) >= 11 is 1.82. The van der Waals surface area contributed by atoms with Gasteiger partial charge < -0.3 is 11.1 Å². The van der Waals surface area contributed by atoms with E-state index in [1.54, 1.807) is 0 Å². The molecule has 0 radical (unpaired) electrons. The molecule has 3 heteroatoms. The highest BCUT2D eigenvalue weighted by Gasteiger charge is 2.23. The molecule has 1 aromatic heterocycles. The lowest BCUT2D eigenvalue weighted by atomic mass is 9.90. The van der Waals surface area contributed by atoms with E-state index in [4.69, 9.17) is 5.73 Å². The zero-order chi connectivity index (χ0) is 10.7. The van der Waals surface area contributed by atoms with Gasteiger partial charge in [0.25, 0.3) is 0 Å². The first kappa shape index (κ1) is 11.1. The summed E-state index contributed by atoms with van der Waals surface area (Å²) in [5.74, 6) is 0. The Morgan fingerprint density at radius 2 is 2.27 bits per heavy atom. The van der Waals surface area contributed by atoms with E-state index in [0.717, 1.165) is 0 Å². The van der Waals surface area contributed by atoms with Crippen molar-refractivity contribution in [2.75, 3.05) is 0 Å². The monoisotopic (exact) mass is 224 g/mol. The SMILES string of the molecule is CC(NC1CCCCC1N)c1cccs1. The van der Waals surface area contributed by atoms with Crippen molar-refractivity contribution in [1.29, 1.82) is 0 Å². The number of hydrogen-bond donors (Lipinski definition) is 2. The molecule has 84 valence electrons. The van der Waals surface area contributed by atoms with E-state index in [1.165, 1.54) is 30.6 Å². The molecule has 1 heterocycles. The minimum atomic E-state index is 0.348. The second-order valence-corrected chi connectivity index (χ2v) is 5.44. The molecule has 0 aromatic carbocycles. The Morgan fingerprint density at radius 3 is 2.93 bits per heavy atom. The van der Waals surface area contributed by atoms with Gasteiger partial charge in [-0.15, -0.1) is 11.3 Å². The second-order valence-electron chi connectivity index (χ2n) is 4.46. The van der Waals surface area contributed by atoms with Gasteiger partial charge in [-0.2, -0.15) is 0 Å². The summed E-state index contributed by atoms with van der Waals surface area (Å²) in [4.78, 5) is 1.41. The van der Waals surface area contributed by atoms with Crippen LogP contribution in [0.5, 0.6) is 0 Å². The fraction of sp³-hybridized carbons (Fsp3) is 0.667. The zero-order valence-corrected chi connectivity index (χ0v) is 10.1. The van der Waals surface area contributed by atoms with Crippen LogP contribution in [-0.2, 0) is 0 Å². The Kier molecular flexibility index (Phi) is 3.78. The van der Waals surface area contributed by atoms with Gasteiger partial charge in [0.15, 0.2) is 0 Å². The van der Waals surface area contributed by atoms with Crippen LogP contribution in [-0.4, -0.2) is 12.1 Å². The number of nitrogens with one attached hydrogen (secondary N) is 1. The Hall–Kier alpha value is -0.380. The Morgan fingerprint density at radius 1 is 1.47 bits per heavy atom. The van der Waals surface area contributed by atoms with Gasteiger partial charge in [0.2, 0.25) is 0 Å². The molecule has 0 bridgehead atoms. The van der Waals surface area contributed by atoms with Crippen LogP contribution in [0.15, 0.2) is 17.5 Å². The molecule has 0 spiro atoms. The Bertz CT molecular complexity index is 284. The van der Waals surface area contributed by atoms with Crippen molar-refractivity contribution >= 4 is 11.3 Å². The molecule has 0 amide bonds. The first-order valence-electron chi connectivity index (χ1n) is 5.82. The average molecular weight is 224 g/mol. The third kappa shape index (κ3) is 2.80. The molecule has 1 aromatic rings. The molecule has 1 saturated carbocycles. The largest absolute Gasteiger partial charge is 0.326 e. The van der Waals surface area contributed by atoms with Gasteiger partial charge >= 0.3 is 0 Å². The van der Waals surface area contributed by atoms with Crippen LogP contribution in [0.1, 0.15) is 43.5 Å². The van der Waals surface area contributed by atoms with E-state index in [1.807, 2.05) is 11.3 Å². The first-order valence-corrected chi connectivity index (χ1v) is 6.70. The Labute approximate surface area is 95.9 Å². The molecule has 1 aliphatic carbocycles. The van der Waals surface area contributed by atoms with E-state index in [-0.39, 0.29) is 0 Å². The van der Waals surface area contributed by atoms with Gasteiger partial charge in [-0.25, -0.2) is 0 Å². The number of hydrogen-bond acceptors (Lipinski definition) is 3. The van der Waals surface area contributed by atoms with Crippen LogP contribution < -0.4 is 11.1 Å². The van der Waals surface area contributed by atoms with Gasteiger partial charge in [-0.1, -0.05) is 18.9 Å². The van der Waals surface area contributed by atoms with Gasteiger partial charge in [0, 0.05) is 23.0 Å². The van der Waals surface area contributed by atoms with Crippen molar-refractivity contribution in [2.45, 2.75) is 50.7 Å². The quantitative estimate of drug-likeness (QED) is 0.828. The third-order valence-corrected chi connectivity index (χ3v) is 4.31. The van der Waals surface area contributed by atoms with Crippen LogP contribution in [0.25, 0.3) is 0 Å². The molecule has 3 atom stereocenters. The smallest absolute Gasteiger partial charge is 0.0388 e. The van der Waals surface area contributed by atoms with Gasteiger partial charge in [0.05, 0.1) is 0 Å². The lowest BCUT2D eigenvalue weighted by Gasteiger charge is -2.31. The highest BCUT2D eigenvalue weighted by Crippen LogP contribution is 2.23. The van der Waals surface area contributed by atoms with Crippen LogP contribution in [0.2, 0.25) is 0 Å². The highest BCUT2D eigenvalue weighted by atomic mass is 32.1. The molecular weight excluding hydrogens is 204 g/mol. The summed E-state index contributed by atoms with van der Waals surface area (Å²) < 4.78 is 0. The molecule has 3 unspecified atom stereocenters. The van der Waals surface area contributed by atoms with Gasteiger partial charge in [-0.3, -0.25) is 0 Å². The predicted octanol–water partition coefficient (Wildman–Crippen LogP) is 2.67. The maximum Gasteiger partial charge on any atom is 0.0388 e. The zero-order valence-electron chi connectivity index (χ0n) is 9.28. The van der Waals surface area contributed by atoms with Crippen molar-refractivity contribution in [1.82, 2.24) is 5.32 Å². The molecule has 3 N–H and O–H groups in total. The standard InChI is InChI=1S/C12H20N2S/c1-9(12-7-4-8-15-12)14-11-6-3-2-5-10(11)13/h4,7-11,14H,2-3,5-6,13H2,1H3. The molecule has 1 aliphatic rings. The van der Waals surface area contributed by atoms with E-state index in [2.05, 4.69) is 29.8 Å². The highest BCUT2D eigenvalue weighted by molar-refractivity contribution is 7.10. The van der Waals surface area contributed by atoms with E-state index in [0.29, 0.717) is 18.1 Å². The molecule has 2 rings (SSSR count). The second kappa shape index (κ2) is 5.10. The molecule has 2 nitrogen and oxygen atoms in total. The summed E-state index contributed by atoms with van der Waals surface area (Å²) in [5.41, 5.74) is 6.12. The van der Waals surface area contributed by atoms with Crippen molar-refractivity contribution in [3.05, 3.63) is 22.4 Å². The third-order valence-electron chi connectivity index (χ3n) is 3.25. The normalized spacial score (nSPS) is 28.9. The van der Waals surface area contributed by atoms with E-state index in [9.17, 15) is 0 Å². The van der Waals surface area contributed by atoms with Gasteiger partial charge in [0.1, 0.15) is 0 Å². The summed E-state index contributed by atoms with van der Waals surface area (Å²) in [7, 11) is 0. The fourth-order valence-corrected chi connectivity index (χ4v) is 3.05. The molecule has 0 saturated heterocycles. The lowest BCUT2D eigenvalue weighted by molar-refractivity contribution is 0.308. The summed E-state index contributed by atoms with van der Waals surface area (Å²) in [6.45, 7) is 2.23. The maximum absolute atomic E-state index is 6.12. The maximum atomic E-state index is 6.12. The Balaban J connectivity index is 1.90. The topological polar surface area (TPSA) is 38.0 Å². The summed E-state index contributed by atoms with van der Waals surface area (Å²) in [6.07, 6.45) is 5.03. The van der Waals surface area contributed by atoms with Crippen LogP contribution >= 0.6 is 11.3 Å². The fourth-order valence-electron chi connectivity index (χ4n) is 2.31. The minimum absolute atomic E-state index is 0.348. The average Bonchev–Trinajstić information content (AvgIpc) is 2.74. The molecule has 1 fully saturated rings. The van der Waals surface area contributed by atoms with Crippen molar-refractivity contribution in [3.63, 3.8) is 0 Å². The van der Waals surface area contributed by atoms with Crippen molar-refractivity contribution < 1.29 is 0 Å². The molecule has 15 heavy (non-hydrogen) atoms. The molecule has 0 aliphatic heterocycles. The van der Waals surface area contributed by atoms with Crippen molar-refractivity contribution in [2.24, 2.45) is 5.73 Å².